The van der Waals surface area contributed by atoms with E-state index in [-0.39, 0.29) is 11.4 Å². The van der Waals surface area contributed by atoms with Crippen molar-refractivity contribution in [1.29, 1.82) is 0 Å². The number of nitrogens with zero attached hydrogens (tertiary/aromatic N) is 3. The molecule has 0 saturated carbocycles. The summed E-state index contributed by atoms with van der Waals surface area (Å²) in [6.07, 6.45) is -6.11. The third-order valence-electron chi connectivity index (χ3n) is 2.93. The van der Waals surface area contributed by atoms with Gasteiger partial charge in [0.05, 0.1) is 4.92 Å². The summed E-state index contributed by atoms with van der Waals surface area (Å²) in [5.41, 5.74) is -1.66. The van der Waals surface area contributed by atoms with E-state index in [4.69, 9.17) is 0 Å². The number of carbonyl (C=O) groups is 1. The van der Waals surface area contributed by atoms with Crippen LogP contribution < -0.4 is 5.32 Å². The smallest absolute Gasteiger partial charge is 0.282 e. The molecule has 7 nitrogen and oxygen atoms in total. The Kier molecular flexibility index (Phi) is 5.11. The maximum atomic E-state index is 12.8. The Bertz CT molecular complexity index is 746. The molecule has 0 aliphatic carbocycles. The van der Waals surface area contributed by atoms with E-state index in [1.54, 1.807) is 0 Å². The van der Waals surface area contributed by atoms with Crippen LogP contribution in [0.25, 0.3) is 0 Å². The molecule has 11 heteroatoms. The Labute approximate surface area is 132 Å². The van der Waals surface area contributed by atoms with Crippen LogP contribution in [0.15, 0.2) is 30.3 Å². The second-order valence-corrected chi connectivity index (χ2v) is 4.61. The van der Waals surface area contributed by atoms with Crippen molar-refractivity contribution < 1.29 is 27.3 Å². The van der Waals surface area contributed by atoms with E-state index >= 15 is 0 Å². The summed E-state index contributed by atoms with van der Waals surface area (Å²) in [5, 5.41) is 16.1. The van der Waals surface area contributed by atoms with Gasteiger partial charge < -0.3 is 5.32 Å². The number of amides is 1. The van der Waals surface area contributed by atoms with Crippen molar-refractivity contribution >= 4 is 17.3 Å². The van der Waals surface area contributed by atoms with Gasteiger partial charge in [-0.1, -0.05) is 0 Å². The second-order valence-electron chi connectivity index (χ2n) is 4.61. The molecule has 1 aromatic carbocycles. The average molecular weight is 346 g/mol. The molecule has 0 aliphatic rings. The molecule has 1 heterocycles. The van der Waals surface area contributed by atoms with Gasteiger partial charge in [-0.25, -0.2) is 17.6 Å². The molecule has 24 heavy (non-hydrogen) atoms. The highest BCUT2D eigenvalue weighted by Crippen LogP contribution is 2.25. The number of carbonyl (C=O) groups excluding carboxylic acids is 1. The number of halogens is 4. The molecular weight excluding hydrogens is 336 g/mol. The number of nitro benzene ring substituents is 1. The third kappa shape index (κ3) is 4.06. The number of aromatic nitrogens is 2. The fourth-order valence-corrected chi connectivity index (χ4v) is 1.86. The Hall–Kier alpha value is -2.98. The van der Waals surface area contributed by atoms with Crippen LogP contribution in [0, 0.1) is 10.1 Å². The van der Waals surface area contributed by atoms with Gasteiger partial charge in [0.2, 0.25) is 5.91 Å². The van der Waals surface area contributed by atoms with E-state index in [0.717, 1.165) is 12.1 Å². The normalized spacial score (nSPS) is 11.1. The summed E-state index contributed by atoms with van der Waals surface area (Å²) >= 11 is 0. The molecule has 0 atom stereocenters. The molecule has 1 N–H and O–H groups in total. The molecule has 0 aliphatic heterocycles. The Morgan fingerprint density at radius 3 is 2.33 bits per heavy atom. The molecule has 1 amide bonds. The van der Waals surface area contributed by atoms with Gasteiger partial charge in [0.25, 0.3) is 18.5 Å². The Balaban J connectivity index is 2.10. The third-order valence-corrected chi connectivity index (χ3v) is 2.93. The molecule has 128 valence electrons. The van der Waals surface area contributed by atoms with Crippen LogP contribution in [-0.4, -0.2) is 20.6 Å². The zero-order valence-electron chi connectivity index (χ0n) is 11.8. The number of rotatable bonds is 6. The van der Waals surface area contributed by atoms with Crippen LogP contribution in [0.4, 0.5) is 28.9 Å². The summed E-state index contributed by atoms with van der Waals surface area (Å²) in [5.74, 6) is -0.797. The van der Waals surface area contributed by atoms with Gasteiger partial charge in [0.15, 0.2) is 0 Å². The topological polar surface area (TPSA) is 90.1 Å². The molecule has 0 bridgehead atoms. The van der Waals surface area contributed by atoms with Crippen LogP contribution in [-0.2, 0) is 11.3 Å². The zero-order valence-corrected chi connectivity index (χ0v) is 11.8. The zero-order chi connectivity index (χ0) is 17.9. The quantitative estimate of drug-likeness (QED) is 0.494. The van der Waals surface area contributed by atoms with Gasteiger partial charge in [0, 0.05) is 17.8 Å². The van der Waals surface area contributed by atoms with Crippen LogP contribution >= 0.6 is 0 Å². The molecule has 0 saturated heterocycles. The number of hydrogen-bond acceptors (Lipinski definition) is 4. The van der Waals surface area contributed by atoms with E-state index in [2.05, 4.69) is 10.4 Å². The number of nitro groups is 1. The molecule has 0 spiro atoms. The average Bonchev–Trinajstić information content (AvgIpc) is 2.92. The molecule has 2 rings (SSSR count). The van der Waals surface area contributed by atoms with Gasteiger partial charge in [-0.05, 0) is 18.2 Å². The number of nitrogens with one attached hydrogen (secondary N) is 1. The summed E-state index contributed by atoms with van der Waals surface area (Å²) in [6.45, 7) is -0.705. The van der Waals surface area contributed by atoms with Gasteiger partial charge >= 0.3 is 0 Å². The lowest BCUT2D eigenvalue weighted by Gasteiger charge is -2.08. The molecule has 0 radical (unpaired) electrons. The molecule has 1 aromatic heterocycles. The molecule has 2 aromatic rings. The van der Waals surface area contributed by atoms with Crippen LogP contribution in [0.2, 0.25) is 0 Å². The lowest BCUT2D eigenvalue weighted by atomic mass is 10.3. The van der Waals surface area contributed by atoms with E-state index in [9.17, 15) is 32.5 Å². The number of anilines is 1. The first-order chi connectivity index (χ1) is 11.3. The summed E-state index contributed by atoms with van der Waals surface area (Å²) in [6, 6.07) is 5.32. The first-order valence-electron chi connectivity index (χ1n) is 6.46. The lowest BCUT2D eigenvalue weighted by molar-refractivity contribution is -0.384. The Morgan fingerprint density at radius 2 is 1.83 bits per heavy atom. The maximum Gasteiger partial charge on any atom is 0.282 e. The maximum absolute atomic E-state index is 12.8. The van der Waals surface area contributed by atoms with Crippen molar-refractivity contribution in [3.05, 3.63) is 51.8 Å². The monoisotopic (exact) mass is 346 g/mol. The summed E-state index contributed by atoms with van der Waals surface area (Å²) < 4.78 is 51.2. The number of non-ortho nitro benzene ring substituents is 1. The van der Waals surface area contributed by atoms with Crippen LogP contribution in [0.5, 0.6) is 0 Å². The minimum absolute atomic E-state index is 0.186. The predicted octanol–water partition coefficient (Wildman–Crippen LogP) is 3.31. The second kappa shape index (κ2) is 7.06. The van der Waals surface area contributed by atoms with Crippen molar-refractivity contribution in [2.24, 2.45) is 0 Å². The summed E-state index contributed by atoms with van der Waals surface area (Å²) in [7, 11) is 0. The fourth-order valence-electron chi connectivity index (χ4n) is 1.86. The van der Waals surface area contributed by atoms with Gasteiger partial charge in [-0.2, -0.15) is 5.10 Å². The predicted molar refractivity (Wildman–Crippen MR) is 73.9 cm³/mol. The SMILES string of the molecule is O=C(Cn1nc(C(F)F)cc1C(F)F)Nc1ccc([N+](=O)[O-])cc1. The van der Waals surface area contributed by atoms with Crippen molar-refractivity contribution in [3.8, 4) is 0 Å². The largest absolute Gasteiger partial charge is 0.324 e. The highest BCUT2D eigenvalue weighted by Gasteiger charge is 2.22. The van der Waals surface area contributed by atoms with Crippen LogP contribution in [0.1, 0.15) is 24.2 Å². The minimum Gasteiger partial charge on any atom is -0.324 e. The van der Waals surface area contributed by atoms with Gasteiger partial charge in [-0.3, -0.25) is 19.6 Å². The standard InChI is InChI=1S/C13H10F4N4O3/c14-12(15)9-5-10(13(16)17)20(19-9)6-11(22)18-7-1-3-8(4-2-7)21(23)24/h1-5,12-13H,6H2,(H,18,22). The first kappa shape index (κ1) is 17.4. The lowest BCUT2D eigenvalue weighted by Crippen LogP contribution is -2.21. The molecule has 0 fully saturated rings. The fraction of sp³-hybridized carbons (Fsp3) is 0.231. The van der Waals surface area contributed by atoms with E-state index in [0.29, 0.717) is 10.7 Å². The number of hydrogen-bond donors (Lipinski definition) is 1. The van der Waals surface area contributed by atoms with E-state index < -0.39 is 41.6 Å². The number of benzene rings is 1. The van der Waals surface area contributed by atoms with Gasteiger partial charge in [-0.15, -0.1) is 0 Å². The minimum atomic E-state index is -3.07. The van der Waals surface area contributed by atoms with Crippen LogP contribution in [0.3, 0.4) is 0 Å². The van der Waals surface area contributed by atoms with E-state index in [1.165, 1.54) is 12.1 Å². The highest BCUT2D eigenvalue weighted by molar-refractivity contribution is 5.90. The van der Waals surface area contributed by atoms with Crippen molar-refractivity contribution in [3.63, 3.8) is 0 Å². The van der Waals surface area contributed by atoms with Crippen molar-refractivity contribution in [1.82, 2.24) is 9.78 Å². The highest BCUT2D eigenvalue weighted by atomic mass is 19.3. The Morgan fingerprint density at radius 1 is 1.21 bits per heavy atom. The van der Waals surface area contributed by atoms with Crippen molar-refractivity contribution in [2.45, 2.75) is 19.4 Å². The summed E-state index contributed by atoms with van der Waals surface area (Å²) in [4.78, 5) is 21.7. The van der Waals surface area contributed by atoms with Gasteiger partial charge in [0.1, 0.15) is 17.9 Å². The first-order valence-corrected chi connectivity index (χ1v) is 6.46. The number of alkyl halides is 4. The molecular formula is C13H10F4N4O3. The van der Waals surface area contributed by atoms with Crippen molar-refractivity contribution in [2.75, 3.05) is 5.32 Å². The molecule has 0 unspecified atom stereocenters. The van der Waals surface area contributed by atoms with E-state index in [1.807, 2.05) is 0 Å².